The smallest absolute Gasteiger partial charge is 0.0447 e. The first-order chi connectivity index (χ1) is 17.2. The van der Waals surface area contributed by atoms with Gasteiger partial charge in [-0.15, -0.1) is 0 Å². The third-order valence-corrected chi connectivity index (χ3v) is 6.75. The fraction of sp³-hybridized carbons (Fsp3) is 0.0909. The zero-order valence-corrected chi connectivity index (χ0v) is 19.6. The first-order valence-corrected chi connectivity index (χ1v) is 12.2. The number of allylic oxidation sites excluding steroid dienone is 5. The summed E-state index contributed by atoms with van der Waals surface area (Å²) in [5, 5.41) is 3.40. The van der Waals surface area contributed by atoms with Gasteiger partial charge in [-0.3, -0.25) is 0 Å². The summed E-state index contributed by atoms with van der Waals surface area (Å²) < 4.78 is 0. The second-order valence-corrected chi connectivity index (χ2v) is 9.27. The van der Waals surface area contributed by atoms with E-state index < -0.39 is 0 Å². The Morgan fingerprint density at radius 1 is 0.629 bits per heavy atom. The average Bonchev–Trinajstić information content (AvgIpc) is 3.78. The highest BCUT2D eigenvalue weighted by Crippen LogP contribution is 2.32. The fourth-order valence-electron chi connectivity index (χ4n) is 4.71. The van der Waals surface area contributed by atoms with Gasteiger partial charge in [0.05, 0.1) is 0 Å². The Kier molecular flexibility index (Phi) is 5.65. The molecule has 1 saturated heterocycles. The number of hydrogen-bond donors (Lipinski definition) is 2. The van der Waals surface area contributed by atoms with Crippen molar-refractivity contribution >= 4 is 5.57 Å². The molecule has 4 aromatic rings. The molecule has 0 radical (unpaired) electrons. The van der Waals surface area contributed by atoms with Gasteiger partial charge in [-0.1, -0.05) is 97.1 Å². The van der Waals surface area contributed by atoms with Gasteiger partial charge < -0.3 is 11.1 Å². The van der Waals surface area contributed by atoms with E-state index in [1.54, 1.807) is 0 Å². The van der Waals surface area contributed by atoms with Crippen LogP contribution in [0.15, 0.2) is 127 Å². The van der Waals surface area contributed by atoms with E-state index in [-0.39, 0.29) is 0 Å². The highest BCUT2D eigenvalue weighted by Gasteiger charge is 2.22. The molecule has 1 atom stereocenters. The summed E-state index contributed by atoms with van der Waals surface area (Å²) in [6.07, 6.45) is 9.28. The quantitative estimate of drug-likeness (QED) is 0.308. The Morgan fingerprint density at radius 2 is 1.17 bits per heavy atom. The minimum absolute atomic E-state index is 0.521. The molecule has 1 heterocycles. The number of rotatable bonds is 5. The molecule has 2 heteroatoms. The standard InChI is InChI=1S/C33H28N2/c34-32-13-2-1-6-30(21-32)28-10-4-8-26(19-28)24-16-14-23(15-17-24)25-7-3-9-27(18-25)29-11-5-12-31(20-29)33-22-35-33/h1,3-21,33,35H,2,22,34H2. The fourth-order valence-corrected chi connectivity index (χ4v) is 4.71. The highest BCUT2D eigenvalue weighted by atomic mass is 15.1. The largest absolute Gasteiger partial charge is 0.399 e. The Balaban J connectivity index is 1.27. The molecule has 35 heavy (non-hydrogen) atoms. The van der Waals surface area contributed by atoms with Crippen molar-refractivity contribution < 1.29 is 0 Å². The van der Waals surface area contributed by atoms with Crippen molar-refractivity contribution in [3.05, 3.63) is 138 Å². The first-order valence-electron chi connectivity index (χ1n) is 12.2. The minimum Gasteiger partial charge on any atom is -0.399 e. The molecule has 1 aliphatic heterocycles. The van der Waals surface area contributed by atoms with Gasteiger partial charge >= 0.3 is 0 Å². The van der Waals surface area contributed by atoms with Gasteiger partial charge in [-0.25, -0.2) is 0 Å². The number of hydrogen-bond acceptors (Lipinski definition) is 2. The van der Waals surface area contributed by atoms with Crippen LogP contribution in [-0.2, 0) is 0 Å². The number of nitrogens with one attached hydrogen (secondary N) is 1. The zero-order valence-electron chi connectivity index (χ0n) is 19.6. The molecule has 170 valence electrons. The molecule has 2 nitrogen and oxygen atoms in total. The van der Waals surface area contributed by atoms with Gasteiger partial charge in [0.15, 0.2) is 0 Å². The topological polar surface area (TPSA) is 48.0 Å². The summed E-state index contributed by atoms with van der Waals surface area (Å²) in [6, 6.07) is 35.8. The van der Waals surface area contributed by atoms with Gasteiger partial charge in [0, 0.05) is 18.3 Å². The van der Waals surface area contributed by atoms with Crippen LogP contribution in [0.2, 0.25) is 0 Å². The molecule has 0 amide bonds. The van der Waals surface area contributed by atoms with E-state index >= 15 is 0 Å². The van der Waals surface area contributed by atoms with E-state index in [4.69, 9.17) is 5.73 Å². The maximum Gasteiger partial charge on any atom is 0.0447 e. The summed E-state index contributed by atoms with van der Waals surface area (Å²) in [5.41, 5.74) is 18.0. The van der Waals surface area contributed by atoms with E-state index in [0.29, 0.717) is 6.04 Å². The molecular formula is C33H28N2. The van der Waals surface area contributed by atoms with Crippen LogP contribution in [-0.4, -0.2) is 6.54 Å². The molecule has 1 aliphatic carbocycles. The summed E-state index contributed by atoms with van der Waals surface area (Å²) in [5.74, 6) is 0. The lowest BCUT2D eigenvalue weighted by atomic mass is 9.95. The van der Waals surface area contributed by atoms with E-state index in [1.165, 1.54) is 44.5 Å². The zero-order chi connectivity index (χ0) is 23.6. The van der Waals surface area contributed by atoms with Crippen LogP contribution in [0.4, 0.5) is 0 Å². The van der Waals surface area contributed by atoms with Crippen molar-refractivity contribution in [2.45, 2.75) is 12.5 Å². The van der Waals surface area contributed by atoms with Crippen molar-refractivity contribution in [3.8, 4) is 33.4 Å². The first kappa shape index (κ1) is 21.4. The third-order valence-electron chi connectivity index (χ3n) is 6.75. The maximum absolute atomic E-state index is 6.10. The molecule has 1 fully saturated rings. The van der Waals surface area contributed by atoms with Crippen molar-refractivity contribution in [2.24, 2.45) is 5.73 Å². The molecule has 1 unspecified atom stereocenters. The predicted octanol–water partition coefficient (Wildman–Crippen LogP) is 7.52. The molecule has 0 aromatic heterocycles. The number of nitrogens with two attached hydrogens (primary N) is 1. The summed E-state index contributed by atoms with van der Waals surface area (Å²) in [4.78, 5) is 0. The van der Waals surface area contributed by atoms with Crippen LogP contribution in [0.5, 0.6) is 0 Å². The van der Waals surface area contributed by atoms with E-state index in [2.05, 4.69) is 121 Å². The molecular weight excluding hydrogens is 424 g/mol. The monoisotopic (exact) mass is 452 g/mol. The lowest BCUT2D eigenvalue weighted by molar-refractivity contribution is 1.08. The van der Waals surface area contributed by atoms with E-state index in [1.807, 2.05) is 6.08 Å². The van der Waals surface area contributed by atoms with E-state index in [9.17, 15) is 0 Å². The predicted molar refractivity (Wildman–Crippen MR) is 147 cm³/mol. The van der Waals surface area contributed by atoms with Crippen LogP contribution >= 0.6 is 0 Å². The molecule has 0 bridgehead atoms. The van der Waals surface area contributed by atoms with E-state index in [0.717, 1.165) is 24.2 Å². The molecule has 6 rings (SSSR count). The van der Waals surface area contributed by atoms with Crippen LogP contribution in [0.25, 0.3) is 39.0 Å². The molecule has 0 spiro atoms. The molecule has 2 aliphatic rings. The molecule has 0 saturated carbocycles. The minimum atomic E-state index is 0.521. The van der Waals surface area contributed by atoms with Crippen LogP contribution in [0, 0.1) is 0 Å². The second kappa shape index (κ2) is 9.25. The SMILES string of the molecule is NC1=CCC=CC(c2cccc(-c3ccc(-c4cccc(-c5cccc(C6CN6)c5)c4)cc3)c2)=C1. The van der Waals surface area contributed by atoms with Crippen LogP contribution in [0.3, 0.4) is 0 Å². The summed E-state index contributed by atoms with van der Waals surface area (Å²) in [7, 11) is 0. The Morgan fingerprint density at radius 3 is 1.83 bits per heavy atom. The second-order valence-electron chi connectivity index (χ2n) is 9.27. The Bertz CT molecular complexity index is 1470. The molecule has 4 aromatic carbocycles. The summed E-state index contributed by atoms with van der Waals surface area (Å²) in [6.45, 7) is 1.08. The maximum atomic E-state index is 6.10. The van der Waals surface area contributed by atoms with Crippen molar-refractivity contribution in [1.29, 1.82) is 0 Å². The van der Waals surface area contributed by atoms with Gasteiger partial charge in [0.2, 0.25) is 0 Å². The van der Waals surface area contributed by atoms with Gasteiger partial charge in [-0.2, -0.15) is 0 Å². The Hall–Kier alpha value is -4.14. The lowest BCUT2D eigenvalue weighted by Gasteiger charge is -2.10. The van der Waals surface area contributed by atoms with Gasteiger partial charge in [0.1, 0.15) is 0 Å². The van der Waals surface area contributed by atoms with Crippen LogP contribution in [0.1, 0.15) is 23.6 Å². The van der Waals surface area contributed by atoms with Gasteiger partial charge in [0.25, 0.3) is 0 Å². The number of benzene rings is 4. The van der Waals surface area contributed by atoms with Crippen molar-refractivity contribution in [3.63, 3.8) is 0 Å². The van der Waals surface area contributed by atoms with Crippen molar-refractivity contribution in [1.82, 2.24) is 5.32 Å². The third kappa shape index (κ3) is 4.75. The van der Waals surface area contributed by atoms with Gasteiger partial charge in [-0.05, 0) is 80.8 Å². The highest BCUT2D eigenvalue weighted by molar-refractivity contribution is 5.80. The normalized spacial score (nSPS) is 16.9. The average molecular weight is 453 g/mol. The Labute approximate surface area is 207 Å². The summed E-state index contributed by atoms with van der Waals surface area (Å²) >= 11 is 0. The lowest BCUT2D eigenvalue weighted by Crippen LogP contribution is -1.93. The van der Waals surface area contributed by atoms with Crippen molar-refractivity contribution in [2.75, 3.05) is 6.54 Å². The molecule has 3 N–H and O–H groups in total. The van der Waals surface area contributed by atoms with Crippen LogP contribution < -0.4 is 11.1 Å².